The van der Waals surface area contributed by atoms with Crippen LogP contribution in [0.15, 0.2) is 72.8 Å². The fourth-order valence-electron chi connectivity index (χ4n) is 8.31. The quantitative estimate of drug-likeness (QED) is 0.168. The largest absolute Gasteiger partial charge is 0.381 e. The third-order valence-corrected chi connectivity index (χ3v) is 11.3. The van der Waals surface area contributed by atoms with Crippen molar-refractivity contribution in [3.8, 4) is 11.3 Å². The van der Waals surface area contributed by atoms with E-state index in [0.717, 1.165) is 81.8 Å². The molecule has 13 heteroatoms. The van der Waals surface area contributed by atoms with Crippen LogP contribution in [-0.2, 0) is 24.0 Å². The Balaban J connectivity index is 0.930. The number of anilines is 4. The molecule has 2 fully saturated rings. The third kappa shape index (κ3) is 6.41. The van der Waals surface area contributed by atoms with Gasteiger partial charge in [-0.2, -0.15) is 0 Å². The molecule has 3 N–H and O–H groups in total. The maximum absolute atomic E-state index is 14.7. The van der Waals surface area contributed by atoms with E-state index in [1.54, 1.807) is 30.3 Å². The van der Waals surface area contributed by atoms with E-state index in [1.165, 1.54) is 29.2 Å². The average Bonchev–Trinajstić information content (AvgIpc) is 3.79. The van der Waals surface area contributed by atoms with Crippen molar-refractivity contribution < 1.29 is 32.3 Å². The first kappa shape index (κ1) is 34.8. The number of amides is 3. The summed E-state index contributed by atoms with van der Waals surface area (Å²) < 4.78 is 48.8. The summed E-state index contributed by atoms with van der Waals surface area (Å²) in [7, 11) is 0. The molecule has 0 saturated carbocycles. The summed E-state index contributed by atoms with van der Waals surface area (Å²) in [4.78, 5) is 52.6. The van der Waals surface area contributed by atoms with Gasteiger partial charge in [0.1, 0.15) is 34.7 Å². The molecule has 5 aromatic rings. The molecule has 3 aliphatic heterocycles. The van der Waals surface area contributed by atoms with Gasteiger partial charge in [0.2, 0.25) is 0 Å². The Bertz CT molecular complexity index is 2340. The zero-order chi connectivity index (χ0) is 37.8. The molecular formula is C42H37F3N6O4. The van der Waals surface area contributed by atoms with Gasteiger partial charge in [-0.05, 0) is 116 Å². The van der Waals surface area contributed by atoms with Crippen molar-refractivity contribution in [1.29, 1.82) is 0 Å². The van der Waals surface area contributed by atoms with Gasteiger partial charge in [-0.25, -0.2) is 18.2 Å². The number of para-hydroxylation sites is 1. The number of pyridine rings is 1. The highest BCUT2D eigenvalue weighted by Gasteiger charge is 2.45. The molecule has 9 rings (SSSR count). The van der Waals surface area contributed by atoms with Crippen molar-refractivity contribution in [3.63, 3.8) is 0 Å². The Hall–Kier alpha value is -5.95. The van der Waals surface area contributed by atoms with Crippen molar-refractivity contribution in [1.82, 2.24) is 9.97 Å². The molecule has 1 spiro atoms. The fraction of sp³-hybridized carbons (Fsp3) is 0.286. The molecule has 4 aliphatic rings. The molecule has 1 aliphatic carbocycles. The number of aromatic amines is 1. The van der Waals surface area contributed by atoms with Gasteiger partial charge in [-0.3, -0.25) is 14.4 Å². The summed E-state index contributed by atoms with van der Waals surface area (Å²) in [6.07, 6.45) is 5.13. The third-order valence-electron chi connectivity index (χ3n) is 11.3. The monoisotopic (exact) mass is 746 g/mol. The minimum Gasteiger partial charge on any atom is -0.381 e. The van der Waals surface area contributed by atoms with E-state index >= 15 is 0 Å². The van der Waals surface area contributed by atoms with Crippen LogP contribution in [0.1, 0.15) is 67.3 Å². The smallest absolute Gasteiger partial charge is 0.272 e. The van der Waals surface area contributed by atoms with Gasteiger partial charge in [0, 0.05) is 60.8 Å². The van der Waals surface area contributed by atoms with Crippen molar-refractivity contribution >= 4 is 40.6 Å². The van der Waals surface area contributed by atoms with Crippen molar-refractivity contribution in [3.05, 3.63) is 124 Å². The van der Waals surface area contributed by atoms with Gasteiger partial charge in [0.05, 0.1) is 16.9 Å². The number of fused-ring (bicyclic) bond motifs is 4. The van der Waals surface area contributed by atoms with E-state index in [-0.39, 0.29) is 29.5 Å². The second-order valence-electron chi connectivity index (χ2n) is 14.8. The van der Waals surface area contributed by atoms with Gasteiger partial charge < -0.3 is 30.2 Å². The zero-order valence-corrected chi connectivity index (χ0v) is 29.8. The zero-order valence-electron chi connectivity index (χ0n) is 29.8. The van der Waals surface area contributed by atoms with Crippen molar-refractivity contribution in [2.75, 3.05) is 53.3 Å². The van der Waals surface area contributed by atoms with Gasteiger partial charge >= 0.3 is 0 Å². The van der Waals surface area contributed by atoms with E-state index < -0.39 is 29.0 Å². The molecule has 280 valence electrons. The number of hydrogen-bond acceptors (Lipinski definition) is 6. The molecule has 2 saturated heterocycles. The highest BCUT2D eigenvalue weighted by molar-refractivity contribution is 6.11. The Kier molecular flexibility index (Phi) is 8.68. The molecule has 3 aromatic carbocycles. The van der Waals surface area contributed by atoms with E-state index in [9.17, 15) is 27.6 Å². The SMILES string of the molecule is O=C(Nc1c(F)cccc1F)c1cc2c([nH]1)-c1ccc(F)cc1N(C(=O)c1ccc(NC(=O)c3cc4c(nc3N3CC5(CCOCC5)C3)CCC4)cc1)CC2. The highest BCUT2D eigenvalue weighted by atomic mass is 19.1. The highest BCUT2D eigenvalue weighted by Crippen LogP contribution is 2.43. The van der Waals surface area contributed by atoms with E-state index in [1.807, 2.05) is 6.07 Å². The lowest BCUT2D eigenvalue weighted by Gasteiger charge is -2.53. The first-order chi connectivity index (χ1) is 26.6. The Morgan fingerprint density at radius 1 is 0.818 bits per heavy atom. The normalized spacial score (nSPS) is 16.8. The molecule has 10 nitrogen and oxygen atoms in total. The number of aromatic nitrogens is 2. The predicted octanol–water partition coefficient (Wildman–Crippen LogP) is 7.31. The number of benzene rings is 3. The molecule has 2 aromatic heterocycles. The Morgan fingerprint density at radius 2 is 1.58 bits per heavy atom. The maximum atomic E-state index is 14.7. The lowest BCUT2D eigenvalue weighted by molar-refractivity contribution is -0.000521. The van der Waals surface area contributed by atoms with Crippen LogP contribution in [-0.4, -0.2) is 60.5 Å². The van der Waals surface area contributed by atoms with Gasteiger partial charge in [-0.15, -0.1) is 0 Å². The van der Waals surface area contributed by atoms with Gasteiger partial charge in [-0.1, -0.05) is 6.07 Å². The fourth-order valence-corrected chi connectivity index (χ4v) is 8.31. The number of rotatable bonds is 6. The Labute approximate surface area is 314 Å². The van der Waals surface area contributed by atoms with Crippen LogP contribution in [0.4, 0.5) is 36.1 Å². The number of carbonyl (C=O) groups is 3. The molecule has 3 amide bonds. The summed E-state index contributed by atoms with van der Waals surface area (Å²) in [6, 6.07) is 17.5. The molecule has 55 heavy (non-hydrogen) atoms. The first-order valence-electron chi connectivity index (χ1n) is 18.5. The standard InChI is InChI=1S/C42H37F3N6O4/c43-27-9-12-29-35(21-27)51(16-13-26-20-34(47-36(26)29)40(53)49-37-31(44)4-2-5-32(37)45)41(54)24-7-10-28(11-8-24)46-39(52)30-19-25-3-1-6-33(25)48-38(30)50-22-42(23-50)14-17-55-18-15-42/h2,4-5,7-12,19-21,47H,1,3,6,13-18,22-23H2,(H,46,52)(H,49,53). The lowest BCUT2D eigenvalue weighted by atomic mass is 9.73. The number of halogens is 3. The van der Waals surface area contributed by atoms with Crippen LogP contribution in [0.25, 0.3) is 11.3 Å². The van der Waals surface area contributed by atoms with E-state index in [2.05, 4.69) is 20.5 Å². The minimum absolute atomic E-state index is 0.0521. The van der Waals surface area contributed by atoms with Gasteiger partial charge in [0.15, 0.2) is 0 Å². The molecular weight excluding hydrogens is 709 g/mol. The number of nitrogens with one attached hydrogen (secondary N) is 3. The average molecular weight is 747 g/mol. The summed E-state index contributed by atoms with van der Waals surface area (Å²) in [6.45, 7) is 3.37. The predicted molar refractivity (Wildman–Crippen MR) is 201 cm³/mol. The molecule has 0 bridgehead atoms. The number of carbonyl (C=O) groups excluding carboxylic acids is 3. The van der Waals surface area contributed by atoms with Crippen LogP contribution in [0.5, 0.6) is 0 Å². The molecule has 0 unspecified atom stereocenters. The van der Waals surface area contributed by atoms with E-state index in [0.29, 0.717) is 51.6 Å². The van der Waals surface area contributed by atoms with Crippen LogP contribution in [0.2, 0.25) is 0 Å². The van der Waals surface area contributed by atoms with Crippen LogP contribution < -0.4 is 20.4 Å². The van der Waals surface area contributed by atoms with Crippen molar-refractivity contribution in [2.45, 2.75) is 38.5 Å². The first-order valence-corrected chi connectivity index (χ1v) is 18.5. The second kappa shape index (κ2) is 13.7. The molecule has 5 heterocycles. The van der Waals surface area contributed by atoms with Crippen LogP contribution >= 0.6 is 0 Å². The molecule has 0 atom stereocenters. The van der Waals surface area contributed by atoms with Crippen LogP contribution in [0.3, 0.4) is 0 Å². The summed E-state index contributed by atoms with van der Waals surface area (Å²) in [5, 5.41) is 5.29. The number of nitrogens with zero attached hydrogens (tertiary/aromatic N) is 3. The topological polar surface area (TPSA) is 120 Å². The lowest BCUT2D eigenvalue weighted by Crippen LogP contribution is -2.59. The van der Waals surface area contributed by atoms with E-state index in [4.69, 9.17) is 9.72 Å². The number of ether oxygens (including phenoxy) is 1. The van der Waals surface area contributed by atoms with Crippen LogP contribution in [0, 0.1) is 22.9 Å². The number of hydrogen-bond donors (Lipinski definition) is 3. The summed E-state index contributed by atoms with van der Waals surface area (Å²) >= 11 is 0. The van der Waals surface area contributed by atoms with Gasteiger partial charge in [0.25, 0.3) is 17.7 Å². The van der Waals surface area contributed by atoms with Crippen molar-refractivity contribution in [2.24, 2.45) is 5.41 Å². The summed E-state index contributed by atoms with van der Waals surface area (Å²) in [5.74, 6) is -3.08. The Morgan fingerprint density at radius 3 is 2.35 bits per heavy atom. The summed E-state index contributed by atoms with van der Waals surface area (Å²) in [5.41, 5.74) is 5.17. The number of H-pyrrole nitrogens is 1. The molecule has 0 radical (unpaired) electrons. The maximum Gasteiger partial charge on any atom is 0.272 e. The second-order valence-corrected chi connectivity index (χ2v) is 14.8. The minimum atomic E-state index is -0.914. The number of aryl methyl sites for hydroxylation is 2.